The summed E-state index contributed by atoms with van der Waals surface area (Å²) in [5.41, 5.74) is -1.68. The third-order valence-corrected chi connectivity index (χ3v) is 4.77. The summed E-state index contributed by atoms with van der Waals surface area (Å²) in [7, 11) is 0. The van der Waals surface area contributed by atoms with Crippen LogP contribution in [0.5, 0.6) is 0 Å². The fourth-order valence-corrected chi connectivity index (χ4v) is 3.32. The van der Waals surface area contributed by atoms with Gasteiger partial charge in [-0.3, -0.25) is 19.7 Å². The van der Waals surface area contributed by atoms with Gasteiger partial charge in [0.05, 0.1) is 21.1 Å². The van der Waals surface area contributed by atoms with E-state index in [0.29, 0.717) is 12.1 Å². The molecule has 0 aliphatic carbocycles. The van der Waals surface area contributed by atoms with Crippen molar-refractivity contribution in [3.63, 3.8) is 0 Å². The molecule has 0 bridgehead atoms. The van der Waals surface area contributed by atoms with Crippen molar-refractivity contribution in [1.29, 1.82) is 0 Å². The van der Waals surface area contributed by atoms with Gasteiger partial charge in [-0.05, 0) is 12.1 Å². The maximum absolute atomic E-state index is 12.7. The Labute approximate surface area is 152 Å². The quantitative estimate of drug-likeness (QED) is 0.337. The largest absolute Gasteiger partial charge is 0.416 e. The van der Waals surface area contributed by atoms with E-state index in [1.807, 2.05) is 0 Å². The normalized spacial score (nSPS) is 11.2. The Morgan fingerprint density at radius 3 is 2.62 bits per heavy atom. The number of alkyl halides is 3. The van der Waals surface area contributed by atoms with Gasteiger partial charge in [-0.2, -0.15) is 13.2 Å². The van der Waals surface area contributed by atoms with Crippen LogP contribution in [0.15, 0.2) is 28.5 Å². The highest BCUT2D eigenvalue weighted by Crippen LogP contribution is 2.36. The van der Waals surface area contributed by atoms with Crippen LogP contribution >= 0.6 is 23.1 Å². The summed E-state index contributed by atoms with van der Waals surface area (Å²) in [5, 5.41) is 15.1. The summed E-state index contributed by atoms with van der Waals surface area (Å²) < 4.78 is 38.0. The second-order valence-electron chi connectivity index (χ2n) is 4.87. The zero-order valence-corrected chi connectivity index (χ0v) is 14.6. The van der Waals surface area contributed by atoms with Crippen molar-refractivity contribution in [2.75, 3.05) is 11.1 Å². The number of carbonyl (C=O) groups excluding carboxylic acids is 2. The molecular weight excluding hydrogens is 395 g/mol. The number of ketones is 1. The maximum atomic E-state index is 12.7. The fraction of sp³-hybridized carbons (Fsp3) is 0.214. The van der Waals surface area contributed by atoms with E-state index < -0.39 is 28.3 Å². The number of nitrogens with one attached hydrogen (secondary N) is 1. The second kappa shape index (κ2) is 7.83. The first-order chi connectivity index (χ1) is 12.1. The first-order valence-corrected chi connectivity index (χ1v) is 8.69. The number of Topliss-reactive ketones (excluding diaryl/α,β-unsaturated/α-hetero) is 1. The van der Waals surface area contributed by atoms with Gasteiger partial charge in [0, 0.05) is 18.4 Å². The van der Waals surface area contributed by atoms with Gasteiger partial charge in [-0.15, -0.1) is 23.1 Å². The van der Waals surface area contributed by atoms with Gasteiger partial charge < -0.3 is 5.32 Å². The Morgan fingerprint density at radius 2 is 2.08 bits per heavy atom. The predicted octanol–water partition coefficient (Wildman–Crippen LogP) is 4.00. The van der Waals surface area contributed by atoms with E-state index in [1.54, 1.807) is 0 Å². The third-order valence-electron chi connectivity index (χ3n) is 2.95. The van der Waals surface area contributed by atoms with Crippen LogP contribution in [0.3, 0.4) is 0 Å². The standard InChI is InChI=1S/C14H10F3N3O4S2/c1-7(21)9-5-26-13(18-9)19-12(22)6-25-11-3-2-8(14(15,16)17)4-10(11)20(23)24/h2-5H,6H2,1H3,(H,18,19,22). The number of carbonyl (C=O) groups is 2. The van der Waals surface area contributed by atoms with E-state index in [1.165, 1.54) is 12.3 Å². The lowest BCUT2D eigenvalue weighted by Gasteiger charge is -2.08. The van der Waals surface area contributed by atoms with Crippen LogP contribution in [-0.4, -0.2) is 27.4 Å². The summed E-state index contributed by atoms with van der Waals surface area (Å²) in [5.74, 6) is -1.11. The van der Waals surface area contributed by atoms with Crippen molar-refractivity contribution in [3.05, 3.63) is 45.0 Å². The van der Waals surface area contributed by atoms with E-state index in [2.05, 4.69) is 10.3 Å². The monoisotopic (exact) mass is 405 g/mol. The Hall–Kier alpha value is -2.47. The maximum Gasteiger partial charge on any atom is 0.416 e. The van der Waals surface area contributed by atoms with Gasteiger partial charge in [0.1, 0.15) is 5.69 Å². The number of halogens is 3. The van der Waals surface area contributed by atoms with E-state index in [4.69, 9.17) is 0 Å². The lowest BCUT2D eigenvalue weighted by Crippen LogP contribution is -2.14. The molecule has 1 aromatic carbocycles. The number of nitrogens with zero attached hydrogens (tertiary/aromatic N) is 2. The SMILES string of the molecule is CC(=O)c1csc(NC(=O)CSc2ccc(C(F)(F)F)cc2[N+](=O)[O-])n1. The highest BCUT2D eigenvalue weighted by molar-refractivity contribution is 8.00. The van der Waals surface area contributed by atoms with Crippen LogP contribution in [0.1, 0.15) is 23.0 Å². The smallest absolute Gasteiger partial charge is 0.301 e. The number of rotatable bonds is 6. The van der Waals surface area contributed by atoms with Crippen LogP contribution in [-0.2, 0) is 11.0 Å². The summed E-state index contributed by atoms with van der Waals surface area (Å²) in [4.78, 5) is 36.9. The number of thiazole rings is 1. The molecular formula is C14H10F3N3O4S2. The van der Waals surface area contributed by atoms with Gasteiger partial charge in [0.25, 0.3) is 5.69 Å². The summed E-state index contributed by atoms with van der Waals surface area (Å²) >= 11 is 1.76. The molecule has 1 aromatic heterocycles. The Kier molecular flexibility index (Phi) is 5.97. The molecule has 1 heterocycles. The summed E-state index contributed by atoms with van der Waals surface area (Å²) in [6.07, 6.45) is -4.70. The molecule has 0 radical (unpaired) electrons. The topological polar surface area (TPSA) is 102 Å². The predicted molar refractivity (Wildman–Crippen MR) is 89.6 cm³/mol. The highest BCUT2D eigenvalue weighted by atomic mass is 32.2. The zero-order valence-electron chi connectivity index (χ0n) is 13.0. The number of anilines is 1. The lowest BCUT2D eigenvalue weighted by molar-refractivity contribution is -0.388. The molecule has 0 saturated carbocycles. The van der Waals surface area contributed by atoms with Gasteiger partial charge in [0.2, 0.25) is 5.91 Å². The molecule has 1 amide bonds. The minimum absolute atomic E-state index is 0.0679. The minimum Gasteiger partial charge on any atom is -0.301 e. The van der Waals surface area contributed by atoms with E-state index in [-0.39, 0.29) is 27.3 Å². The molecule has 0 unspecified atom stereocenters. The number of thioether (sulfide) groups is 1. The molecule has 26 heavy (non-hydrogen) atoms. The average molecular weight is 405 g/mol. The van der Waals surface area contributed by atoms with Crippen molar-refractivity contribution in [1.82, 2.24) is 4.98 Å². The molecule has 2 rings (SSSR count). The molecule has 7 nitrogen and oxygen atoms in total. The third kappa shape index (κ3) is 5.02. The number of benzene rings is 1. The zero-order chi connectivity index (χ0) is 19.5. The number of hydrogen-bond acceptors (Lipinski definition) is 7. The lowest BCUT2D eigenvalue weighted by atomic mass is 10.2. The molecule has 0 spiro atoms. The van der Waals surface area contributed by atoms with Crippen LogP contribution in [0.4, 0.5) is 24.0 Å². The molecule has 2 aromatic rings. The molecule has 0 fully saturated rings. The first-order valence-electron chi connectivity index (χ1n) is 6.82. The van der Waals surface area contributed by atoms with Crippen LogP contribution in [0, 0.1) is 10.1 Å². The van der Waals surface area contributed by atoms with Crippen LogP contribution < -0.4 is 5.32 Å². The molecule has 0 aliphatic rings. The molecule has 12 heteroatoms. The van der Waals surface area contributed by atoms with Gasteiger partial charge >= 0.3 is 6.18 Å². The van der Waals surface area contributed by atoms with Gasteiger partial charge in [0.15, 0.2) is 10.9 Å². The number of amides is 1. The highest BCUT2D eigenvalue weighted by Gasteiger charge is 2.33. The molecule has 0 saturated heterocycles. The Morgan fingerprint density at radius 1 is 1.38 bits per heavy atom. The summed E-state index contributed by atoms with van der Waals surface area (Å²) in [6.45, 7) is 1.32. The Bertz CT molecular complexity index is 867. The van der Waals surface area contributed by atoms with Crippen molar-refractivity contribution in [2.45, 2.75) is 18.0 Å². The minimum atomic E-state index is -4.70. The van der Waals surface area contributed by atoms with Crippen molar-refractivity contribution < 1.29 is 27.7 Å². The fourth-order valence-electron chi connectivity index (χ4n) is 1.75. The molecule has 0 aliphatic heterocycles. The number of nitro groups is 1. The van der Waals surface area contributed by atoms with E-state index >= 15 is 0 Å². The van der Waals surface area contributed by atoms with Crippen molar-refractivity contribution in [2.24, 2.45) is 0 Å². The number of aromatic nitrogens is 1. The number of hydrogen-bond donors (Lipinski definition) is 1. The first kappa shape index (κ1) is 19.8. The van der Waals surface area contributed by atoms with Crippen molar-refractivity contribution in [3.8, 4) is 0 Å². The molecule has 138 valence electrons. The van der Waals surface area contributed by atoms with E-state index in [0.717, 1.165) is 29.2 Å². The summed E-state index contributed by atoms with van der Waals surface area (Å²) in [6, 6.07) is 2.10. The number of nitro benzene ring substituents is 1. The Balaban J connectivity index is 2.07. The van der Waals surface area contributed by atoms with Crippen molar-refractivity contribution >= 4 is 45.6 Å². The molecule has 1 N–H and O–H groups in total. The van der Waals surface area contributed by atoms with Crippen LogP contribution in [0.2, 0.25) is 0 Å². The van der Waals surface area contributed by atoms with E-state index in [9.17, 15) is 32.9 Å². The van der Waals surface area contributed by atoms with Gasteiger partial charge in [-0.1, -0.05) is 0 Å². The van der Waals surface area contributed by atoms with Crippen LogP contribution in [0.25, 0.3) is 0 Å². The van der Waals surface area contributed by atoms with Gasteiger partial charge in [-0.25, -0.2) is 4.98 Å². The molecule has 0 atom stereocenters. The second-order valence-corrected chi connectivity index (χ2v) is 6.74. The average Bonchev–Trinajstić information content (AvgIpc) is 3.00.